The lowest BCUT2D eigenvalue weighted by atomic mass is 10.1. The average molecular weight is 288 g/mol. The van der Waals surface area contributed by atoms with Crippen molar-refractivity contribution in [2.24, 2.45) is 0 Å². The molecule has 1 saturated heterocycles. The minimum atomic E-state index is -3.69. The van der Waals surface area contributed by atoms with E-state index >= 15 is 0 Å². The van der Waals surface area contributed by atoms with Crippen molar-refractivity contribution < 1.29 is 17.5 Å². The zero-order chi connectivity index (χ0) is 13.9. The Kier molecular flexibility index (Phi) is 4.38. The van der Waals surface area contributed by atoms with E-state index in [0.29, 0.717) is 6.54 Å². The molecule has 7 heteroatoms. The molecule has 2 rings (SSSR count). The summed E-state index contributed by atoms with van der Waals surface area (Å²) in [6, 6.07) is 3.46. The van der Waals surface area contributed by atoms with Gasteiger partial charge in [-0.3, -0.25) is 0 Å². The quantitative estimate of drug-likeness (QED) is 0.862. The minimum absolute atomic E-state index is 0.0262. The Morgan fingerprint density at radius 2 is 2.26 bits per heavy atom. The van der Waals surface area contributed by atoms with E-state index in [-0.39, 0.29) is 16.7 Å². The third-order valence-electron chi connectivity index (χ3n) is 3.05. The standard InChI is InChI=1S/C12H17FN2O3S/c1-18-12-5-4-10(7-11(12)13)19(16,17)15-9-3-2-6-14-8-9/h4-5,7,9,14-15H,2-3,6,8H2,1H3/t9-/m1/s1. The van der Waals surface area contributed by atoms with Gasteiger partial charge in [0.25, 0.3) is 0 Å². The van der Waals surface area contributed by atoms with E-state index in [0.717, 1.165) is 25.5 Å². The maximum Gasteiger partial charge on any atom is 0.240 e. The fraction of sp³-hybridized carbons (Fsp3) is 0.500. The van der Waals surface area contributed by atoms with Gasteiger partial charge in [-0.15, -0.1) is 0 Å². The molecule has 1 aromatic carbocycles. The van der Waals surface area contributed by atoms with Crippen molar-refractivity contribution in [1.82, 2.24) is 10.0 Å². The summed E-state index contributed by atoms with van der Waals surface area (Å²) >= 11 is 0. The van der Waals surface area contributed by atoms with Crippen LogP contribution in [0.15, 0.2) is 23.1 Å². The summed E-state index contributed by atoms with van der Waals surface area (Å²) in [4.78, 5) is -0.0867. The molecule has 0 unspecified atom stereocenters. The van der Waals surface area contributed by atoms with Crippen LogP contribution in [0.3, 0.4) is 0 Å². The maximum atomic E-state index is 13.5. The molecule has 5 nitrogen and oxygen atoms in total. The van der Waals surface area contributed by atoms with Gasteiger partial charge in [0.2, 0.25) is 10.0 Å². The second-order valence-corrected chi connectivity index (χ2v) is 6.17. The van der Waals surface area contributed by atoms with Crippen LogP contribution in [0.25, 0.3) is 0 Å². The minimum Gasteiger partial charge on any atom is -0.494 e. The highest BCUT2D eigenvalue weighted by Gasteiger charge is 2.22. The molecule has 1 aliphatic heterocycles. The predicted octanol–water partition coefficient (Wildman–Crippen LogP) is 0.865. The fourth-order valence-corrected chi connectivity index (χ4v) is 3.34. The second-order valence-electron chi connectivity index (χ2n) is 4.46. The van der Waals surface area contributed by atoms with Crippen LogP contribution in [0, 0.1) is 5.82 Å². The summed E-state index contributed by atoms with van der Waals surface area (Å²) in [5.41, 5.74) is 0. The number of rotatable bonds is 4. The van der Waals surface area contributed by atoms with Crippen molar-refractivity contribution >= 4 is 10.0 Å². The third kappa shape index (κ3) is 3.43. The number of methoxy groups -OCH3 is 1. The fourth-order valence-electron chi connectivity index (χ4n) is 2.05. The molecule has 106 valence electrons. The zero-order valence-electron chi connectivity index (χ0n) is 10.6. The molecule has 0 saturated carbocycles. The summed E-state index contributed by atoms with van der Waals surface area (Å²) in [5.74, 6) is -0.662. The van der Waals surface area contributed by atoms with Crippen LogP contribution in [0.2, 0.25) is 0 Å². The van der Waals surface area contributed by atoms with E-state index < -0.39 is 15.8 Å². The van der Waals surface area contributed by atoms with Crippen LogP contribution in [-0.2, 0) is 10.0 Å². The first-order chi connectivity index (χ1) is 9.03. The summed E-state index contributed by atoms with van der Waals surface area (Å²) in [6.07, 6.45) is 1.70. The zero-order valence-corrected chi connectivity index (χ0v) is 11.5. The Balaban J connectivity index is 2.16. The molecular weight excluding hydrogens is 271 g/mol. The number of piperidine rings is 1. The highest BCUT2D eigenvalue weighted by Crippen LogP contribution is 2.21. The molecule has 1 aliphatic rings. The van der Waals surface area contributed by atoms with E-state index in [1.54, 1.807) is 0 Å². The molecule has 1 fully saturated rings. The number of ether oxygens (including phenoxy) is 1. The molecule has 0 aromatic heterocycles. The molecule has 0 spiro atoms. The monoisotopic (exact) mass is 288 g/mol. The van der Waals surface area contributed by atoms with E-state index in [9.17, 15) is 12.8 Å². The number of halogens is 1. The Morgan fingerprint density at radius 1 is 1.47 bits per heavy atom. The van der Waals surface area contributed by atoms with Crippen LogP contribution >= 0.6 is 0 Å². The van der Waals surface area contributed by atoms with Crippen LogP contribution in [-0.4, -0.2) is 34.7 Å². The first-order valence-corrected chi connectivity index (χ1v) is 7.58. The van der Waals surface area contributed by atoms with E-state index in [1.807, 2.05) is 0 Å². The van der Waals surface area contributed by atoms with Crippen LogP contribution in [0.1, 0.15) is 12.8 Å². The van der Waals surface area contributed by atoms with Gasteiger partial charge >= 0.3 is 0 Å². The molecular formula is C12H17FN2O3S. The maximum absolute atomic E-state index is 13.5. The highest BCUT2D eigenvalue weighted by atomic mass is 32.2. The van der Waals surface area contributed by atoms with Crippen molar-refractivity contribution in [3.05, 3.63) is 24.0 Å². The van der Waals surface area contributed by atoms with Crippen LogP contribution in [0.5, 0.6) is 5.75 Å². The Bertz CT molecular complexity index is 542. The predicted molar refractivity (Wildman–Crippen MR) is 69.2 cm³/mol. The largest absolute Gasteiger partial charge is 0.494 e. The molecule has 1 aromatic rings. The Labute approximate surface area is 112 Å². The van der Waals surface area contributed by atoms with Gasteiger partial charge < -0.3 is 10.1 Å². The van der Waals surface area contributed by atoms with E-state index in [4.69, 9.17) is 4.74 Å². The topological polar surface area (TPSA) is 67.4 Å². The smallest absolute Gasteiger partial charge is 0.240 e. The van der Waals surface area contributed by atoms with Crippen molar-refractivity contribution in [1.29, 1.82) is 0 Å². The Hall–Kier alpha value is -1.18. The SMILES string of the molecule is COc1ccc(S(=O)(=O)N[C@@H]2CCCNC2)cc1F. The number of hydrogen-bond acceptors (Lipinski definition) is 4. The number of benzene rings is 1. The van der Waals surface area contributed by atoms with Crippen molar-refractivity contribution in [3.8, 4) is 5.75 Å². The van der Waals surface area contributed by atoms with Crippen LogP contribution in [0.4, 0.5) is 4.39 Å². The highest BCUT2D eigenvalue weighted by molar-refractivity contribution is 7.89. The van der Waals surface area contributed by atoms with E-state index in [2.05, 4.69) is 10.0 Å². The van der Waals surface area contributed by atoms with E-state index in [1.165, 1.54) is 19.2 Å². The first kappa shape index (κ1) is 14.2. The normalized spacial score (nSPS) is 20.2. The number of nitrogens with one attached hydrogen (secondary N) is 2. The van der Waals surface area contributed by atoms with Gasteiger partial charge in [-0.25, -0.2) is 17.5 Å². The van der Waals surface area contributed by atoms with Gasteiger partial charge in [-0.1, -0.05) is 0 Å². The van der Waals surface area contributed by atoms with Gasteiger partial charge in [0.05, 0.1) is 12.0 Å². The average Bonchev–Trinajstić information content (AvgIpc) is 2.39. The van der Waals surface area contributed by atoms with Gasteiger partial charge in [-0.05, 0) is 37.6 Å². The second kappa shape index (κ2) is 5.85. The van der Waals surface area contributed by atoms with Gasteiger partial charge in [0.1, 0.15) is 0 Å². The first-order valence-electron chi connectivity index (χ1n) is 6.09. The molecule has 1 heterocycles. The van der Waals surface area contributed by atoms with Gasteiger partial charge in [0, 0.05) is 12.6 Å². The molecule has 19 heavy (non-hydrogen) atoms. The van der Waals surface area contributed by atoms with Gasteiger partial charge in [0.15, 0.2) is 11.6 Å². The molecule has 0 aliphatic carbocycles. The van der Waals surface area contributed by atoms with Crippen LogP contribution < -0.4 is 14.8 Å². The summed E-state index contributed by atoms with van der Waals surface area (Å²) in [5, 5.41) is 3.12. The lowest BCUT2D eigenvalue weighted by Crippen LogP contribution is -2.45. The third-order valence-corrected chi connectivity index (χ3v) is 4.57. The molecule has 0 amide bonds. The van der Waals surface area contributed by atoms with Crippen molar-refractivity contribution in [3.63, 3.8) is 0 Å². The lowest BCUT2D eigenvalue weighted by Gasteiger charge is -2.23. The summed E-state index contributed by atoms with van der Waals surface area (Å²) < 4.78 is 45.1. The van der Waals surface area contributed by atoms with Gasteiger partial charge in [-0.2, -0.15) is 0 Å². The summed E-state index contributed by atoms with van der Waals surface area (Å²) in [6.45, 7) is 1.49. The number of sulfonamides is 1. The molecule has 0 radical (unpaired) electrons. The summed E-state index contributed by atoms with van der Waals surface area (Å²) in [7, 11) is -2.36. The Morgan fingerprint density at radius 3 is 2.84 bits per heavy atom. The molecule has 1 atom stereocenters. The van der Waals surface area contributed by atoms with Crippen molar-refractivity contribution in [2.45, 2.75) is 23.8 Å². The number of hydrogen-bond donors (Lipinski definition) is 2. The molecule has 0 bridgehead atoms. The lowest BCUT2D eigenvalue weighted by molar-refractivity contribution is 0.385. The molecule has 2 N–H and O–H groups in total. The van der Waals surface area contributed by atoms with Crippen molar-refractivity contribution in [2.75, 3.05) is 20.2 Å².